The molecule has 0 aliphatic heterocycles. The SMILES string of the molecule is CCOc1cc(C)c(CO)cc1C(C)C. The highest BCUT2D eigenvalue weighted by Crippen LogP contribution is 2.29. The second-order valence-electron chi connectivity index (χ2n) is 4.06. The molecule has 1 aromatic carbocycles. The maximum Gasteiger partial charge on any atom is 0.123 e. The maximum absolute atomic E-state index is 9.20. The smallest absolute Gasteiger partial charge is 0.123 e. The highest BCUT2D eigenvalue weighted by molar-refractivity contribution is 5.43. The third-order valence-corrected chi connectivity index (χ3v) is 2.56. The number of benzene rings is 1. The lowest BCUT2D eigenvalue weighted by Gasteiger charge is -2.16. The Bertz CT molecular complexity index is 330. The van der Waals surface area contributed by atoms with Crippen molar-refractivity contribution in [3.63, 3.8) is 0 Å². The normalized spacial score (nSPS) is 10.8. The summed E-state index contributed by atoms with van der Waals surface area (Å²) in [6, 6.07) is 4.06. The molecule has 0 fully saturated rings. The number of rotatable bonds is 4. The van der Waals surface area contributed by atoms with Crippen LogP contribution < -0.4 is 4.74 Å². The number of hydrogen-bond donors (Lipinski definition) is 1. The maximum atomic E-state index is 9.20. The molecule has 2 heteroatoms. The van der Waals surface area contributed by atoms with E-state index in [1.165, 1.54) is 5.56 Å². The Balaban J connectivity index is 3.19. The molecule has 0 saturated heterocycles. The second kappa shape index (κ2) is 5.17. The van der Waals surface area contributed by atoms with Gasteiger partial charge in [0.1, 0.15) is 5.75 Å². The first-order chi connectivity index (χ1) is 7.10. The third kappa shape index (κ3) is 2.72. The molecular formula is C13H20O2. The van der Waals surface area contributed by atoms with Crippen LogP contribution in [-0.2, 0) is 6.61 Å². The van der Waals surface area contributed by atoms with E-state index in [0.717, 1.165) is 16.9 Å². The Kier molecular flexibility index (Phi) is 4.15. The Morgan fingerprint density at radius 3 is 2.47 bits per heavy atom. The van der Waals surface area contributed by atoms with Gasteiger partial charge in [-0.05, 0) is 48.6 Å². The lowest BCUT2D eigenvalue weighted by molar-refractivity contribution is 0.280. The molecule has 0 aliphatic rings. The quantitative estimate of drug-likeness (QED) is 0.824. The number of aryl methyl sites for hydroxylation is 1. The Morgan fingerprint density at radius 1 is 1.33 bits per heavy atom. The van der Waals surface area contributed by atoms with E-state index < -0.39 is 0 Å². The van der Waals surface area contributed by atoms with Crippen molar-refractivity contribution in [2.45, 2.75) is 40.2 Å². The first-order valence-corrected chi connectivity index (χ1v) is 5.47. The molecule has 1 N–H and O–H groups in total. The van der Waals surface area contributed by atoms with Gasteiger partial charge < -0.3 is 9.84 Å². The van der Waals surface area contributed by atoms with E-state index in [9.17, 15) is 5.11 Å². The van der Waals surface area contributed by atoms with Crippen molar-refractivity contribution >= 4 is 0 Å². The van der Waals surface area contributed by atoms with Gasteiger partial charge in [-0.25, -0.2) is 0 Å². The van der Waals surface area contributed by atoms with E-state index in [1.807, 2.05) is 26.0 Å². The van der Waals surface area contributed by atoms with Gasteiger partial charge in [-0.1, -0.05) is 13.8 Å². The van der Waals surface area contributed by atoms with Crippen LogP contribution in [0.3, 0.4) is 0 Å². The molecule has 0 heterocycles. The summed E-state index contributed by atoms with van der Waals surface area (Å²) in [5.74, 6) is 1.36. The van der Waals surface area contributed by atoms with Crippen molar-refractivity contribution in [1.29, 1.82) is 0 Å². The zero-order chi connectivity index (χ0) is 11.4. The summed E-state index contributed by atoms with van der Waals surface area (Å²) in [6.45, 7) is 9.02. The van der Waals surface area contributed by atoms with Gasteiger partial charge in [-0.15, -0.1) is 0 Å². The van der Waals surface area contributed by atoms with Gasteiger partial charge in [0.15, 0.2) is 0 Å². The van der Waals surface area contributed by atoms with Crippen LogP contribution in [0.5, 0.6) is 5.75 Å². The lowest BCUT2D eigenvalue weighted by Crippen LogP contribution is -2.01. The molecule has 2 nitrogen and oxygen atoms in total. The minimum atomic E-state index is 0.0952. The molecule has 0 bridgehead atoms. The van der Waals surface area contributed by atoms with Gasteiger partial charge in [-0.2, -0.15) is 0 Å². The molecule has 0 aliphatic carbocycles. The summed E-state index contributed by atoms with van der Waals surface area (Å²) < 4.78 is 5.60. The number of aliphatic hydroxyl groups excluding tert-OH is 1. The molecule has 1 aromatic rings. The summed E-state index contributed by atoms with van der Waals surface area (Å²) in [6.07, 6.45) is 0. The Morgan fingerprint density at radius 2 is 2.00 bits per heavy atom. The van der Waals surface area contributed by atoms with Crippen LogP contribution in [0.2, 0.25) is 0 Å². The van der Waals surface area contributed by atoms with Crippen molar-refractivity contribution < 1.29 is 9.84 Å². The molecule has 0 spiro atoms. The van der Waals surface area contributed by atoms with Crippen LogP contribution in [0, 0.1) is 6.92 Å². The second-order valence-corrected chi connectivity index (χ2v) is 4.06. The van der Waals surface area contributed by atoms with Crippen LogP contribution in [0.1, 0.15) is 43.4 Å². The summed E-state index contributed by atoms with van der Waals surface area (Å²) >= 11 is 0. The predicted molar refractivity (Wildman–Crippen MR) is 62.4 cm³/mol. The minimum Gasteiger partial charge on any atom is -0.494 e. The standard InChI is InChI=1S/C13H20O2/c1-5-15-13-6-10(4)11(8-14)7-12(13)9(2)3/h6-7,9,14H,5,8H2,1-4H3. The summed E-state index contributed by atoms with van der Waals surface area (Å²) in [7, 11) is 0. The fraction of sp³-hybridized carbons (Fsp3) is 0.538. The van der Waals surface area contributed by atoms with Gasteiger partial charge in [0.25, 0.3) is 0 Å². The van der Waals surface area contributed by atoms with E-state index in [4.69, 9.17) is 4.74 Å². The van der Waals surface area contributed by atoms with Gasteiger partial charge >= 0.3 is 0 Å². The predicted octanol–water partition coefficient (Wildman–Crippen LogP) is 3.01. The van der Waals surface area contributed by atoms with E-state index in [-0.39, 0.29) is 6.61 Å². The number of hydrogen-bond acceptors (Lipinski definition) is 2. The van der Waals surface area contributed by atoms with E-state index >= 15 is 0 Å². The average molecular weight is 208 g/mol. The average Bonchev–Trinajstić information content (AvgIpc) is 2.18. The zero-order valence-corrected chi connectivity index (χ0v) is 10.0. The van der Waals surface area contributed by atoms with Crippen molar-refractivity contribution in [2.75, 3.05) is 6.61 Å². The zero-order valence-electron chi connectivity index (χ0n) is 10.0. The molecule has 0 radical (unpaired) electrons. The van der Waals surface area contributed by atoms with Crippen LogP contribution in [-0.4, -0.2) is 11.7 Å². The highest BCUT2D eigenvalue weighted by atomic mass is 16.5. The third-order valence-electron chi connectivity index (χ3n) is 2.56. The molecule has 15 heavy (non-hydrogen) atoms. The largest absolute Gasteiger partial charge is 0.494 e. The van der Waals surface area contributed by atoms with Gasteiger partial charge in [0.2, 0.25) is 0 Å². The number of ether oxygens (including phenoxy) is 1. The fourth-order valence-electron chi connectivity index (χ4n) is 1.65. The minimum absolute atomic E-state index is 0.0952. The Labute approximate surface area is 91.9 Å². The molecule has 0 unspecified atom stereocenters. The topological polar surface area (TPSA) is 29.5 Å². The first kappa shape index (κ1) is 12.1. The van der Waals surface area contributed by atoms with Gasteiger partial charge in [-0.3, -0.25) is 0 Å². The van der Waals surface area contributed by atoms with Gasteiger partial charge in [0, 0.05) is 0 Å². The summed E-state index contributed by atoms with van der Waals surface area (Å²) in [5, 5.41) is 9.20. The summed E-state index contributed by atoms with van der Waals surface area (Å²) in [5.41, 5.74) is 3.25. The monoisotopic (exact) mass is 208 g/mol. The van der Waals surface area contributed by atoms with Crippen LogP contribution in [0.4, 0.5) is 0 Å². The molecule has 84 valence electrons. The van der Waals surface area contributed by atoms with Crippen molar-refractivity contribution in [2.24, 2.45) is 0 Å². The van der Waals surface area contributed by atoms with E-state index in [1.54, 1.807) is 0 Å². The first-order valence-electron chi connectivity index (χ1n) is 5.47. The molecular weight excluding hydrogens is 188 g/mol. The van der Waals surface area contributed by atoms with Crippen molar-refractivity contribution in [3.05, 3.63) is 28.8 Å². The fourth-order valence-corrected chi connectivity index (χ4v) is 1.65. The number of aliphatic hydroxyl groups is 1. The van der Waals surface area contributed by atoms with Crippen LogP contribution in [0.15, 0.2) is 12.1 Å². The van der Waals surface area contributed by atoms with E-state index in [2.05, 4.69) is 13.8 Å². The molecule has 0 aromatic heterocycles. The van der Waals surface area contributed by atoms with Gasteiger partial charge in [0.05, 0.1) is 13.2 Å². The highest BCUT2D eigenvalue weighted by Gasteiger charge is 2.10. The molecule has 1 rings (SSSR count). The molecule has 0 amide bonds. The Hall–Kier alpha value is -1.02. The van der Waals surface area contributed by atoms with E-state index in [0.29, 0.717) is 12.5 Å². The molecule has 0 atom stereocenters. The molecule has 0 saturated carbocycles. The van der Waals surface area contributed by atoms with Crippen LogP contribution >= 0.6 is 0 Å². The van der Waals surface area contributed by atoms with Crippen LogP contribution in [0.25, 0.3) is 0 Å². The lowest BCUT2D eigenvalue weighted by atomic mass is 9.97. The summed E-state index contributed by atoms with van der Waals surface area (Å²) in [4.78, 5) is 0. The van der Waals surface area contributed by atoms with Crippen molar-refractivity contribution in [3.8, 4) is 5.75 Å². The van der Waals surface area contributed by atoms with Crippen molar-refractivity contribution in [1.82, 2.24) is 0 Å².